The Hall–Kier alpha value is -1.82. The van der Waals surface area contributed by atoms with Crippen LogP contribution in [0, 0.1) is 0 Å². The maximum atomic E-state index is 11.5. The van der Waals surface area contributed by atoms with Gasteiger partial charge in [-0.25, -0.2) is 4.98 Å². The second-order valence-electron chi connectivity index (χ2n) is 4.86. The van der Waals surface area contributed by atoms with Gasteiger partial charge in [-0.15, -0.1) is 0 Å². The number of anilines is 2. The molecule has 1 aliphatic carbocycles. The van der Waals surface area contributed by atoms with Gasteiger partial charge in [-0.05, 0) is 18.9 Å². The monoisotopic (exact) mass is 264 g/mol. The molecule has 1 amide bonds. The molecule has 1 aliphatic rings. The molecule has 0 spiro atoms. The van der Waals surface area contributed by atoms with Gasteiger partial charge in [-0.1, -0.05) is 12.8 Å². The second-order valence-corrected chi connectivity index (χ2v) is 4.86. The average molecular weight is 264 g/mol. The minimum atomic E-state index is -0.546. The number of hydrogen-bond acceptors (Lipinski definition) is 5. The molecule has 0 aromatic carbocycles. The third kappa shape index (κ3) is 2.96. The molecule has 0 bridgehead atoms. The fourth-order valence-electron chi connectivity index (χ4n) is 2.67. The van der Waals surface area contributed by atoms with Gasteiger partial charge in [-0.3, -0.25) is 4.79 Å². The number of nitrogen functional groups attached to an aromatic ring is 1. The van der Waals surface area contributed by atoms with E-state index in [0.29, 0.717) is 29.7 Å². The molecule has 6 nitrogen and oxygen atoms in total. The van der Waals surface area contributed by atoms with Gasteiger partial charge in [-0.2, -0.15) is 0 Å². The van der Waals surface area contributed by atoms with Gasteiger partial charge >= 0.3 is 0 Å². The van der Waals surface area contributed by atoms with E-state index in [1.807, 2.05) is 4.90 Å². The van der Waals surface area contributed by atoms with Crippen molar-refractivity contribution in [2.24, 2.45) is 5.73 Å². The maximum Gasteiger partial charge on any atom is 0.252 e. The first-order chi connectivity index (χ1) is 9.13. The summed E-state index contributed by atoms with van der Waals surface area (Å²) in [6, 6.07) is 1.85. The molecule has 1 heterocycles. The number of rotatable bonds is 5. The molecule has 1 aromatic rings. The van der Waals surface area contributed by atoms with E-state index in [4.69, 9.17) is 11.5 Å². The SMILES string of the molecule is NC(=O)c1cc(N)cnc1N(CCO)C1CCCC1. The Labute approximate surface area is 112 Å². The molecule has 0 aliphatic heterocycles. The van der Waals surface area contributed by atoms with Crippen LogP contribution >= 0.6 is 0 Å². The van der Waals surface area contributed by atoms with Crippen molar-refractivity contribution in [1.29, 1.82) is 0 Å². The van der Waals surface area contributed by atoms with Crippen LogP contribution in [0.3, 0.4) is 0 Å². The predicted molar refractivity (Wildman–Crippen MR) is 73.9 cm³/mol. The van der Waals surface area contributed by atoms with E-state index >= 15 is 0 Å². The van der Waals surface area contributed by atoms with E-state index in [-0.39, 0.29) is 6.61 Å². The summed E-state index contributed by atoms with van der Waals surface area (Å²) in [5.74, 6) is -0.0154. The number of nitrogens with two attached hydrogens (primary N) is 2. The number of primary amides is 1. The Bertz CT molecular complexity index is 458. The van der Waals surface area contributed by atoms with E-state index < -0.39 is 5.91 Å². The van der Waals surface area contributed by atoms with Crippen molar-refractivity contribution in [2.75, 3.05) is 23.8 Å². The maximum absolute atomic E-state index is 11.5. The van der Waals surface area contributed by atoms with Crippen LogP contribution in [0.4, 0.5) is 11.5 Å². The summed E-state index contributed by atoms with van der Waals surface area (Å²) in [7, 11) is 0. The van der Waals surface area contributed by atoms with Crippen molar-refractivity contribution in [1.82, 2.24) is 4.98 Å². The third-order valence-electron chi connectivity index (χ3n) is 3.53. The van der Waals surface area contributed by atoms with E-state index in [0.717, 1.165) is 25.7 Å². The highest BCUT2D eigenvalue weighted by atomic mass is 16.3. The molecule has 2 rings (SSSR count). The highest BCUT2D eigenvalue weighted by Gasteiger charge is 2.26. The van der Waals surface area contributed by atoms with Crippen molar-refractivity contribution in [3.05, 3.63) is 17.8 Å². The minimum Gasteiger partial charge on any atom is -0.397 e. The quantitative estimate of drug-likeness (QED) is 0.718. The predicted octanol–water partition coefficient (Wildman–Crippen LogP) is 0.504. The number of aromatic nitrogens is 1. The highest BCUT2D eigenvalue weighted by molar-refractivity contribution is 5.98. The molecule has 0 radical (unpaired) electrons. The molecule has 1 aromatic heterocycles. The Kier molecular flexibility index (Phi) is 4.21. The van der Waals surface area contributed by atoms with Gasteiger partial charge in [0.2, 0.25) is 0 Å². The van der Waals surface area contributed by atoms with Crippen LogP contribution in [-0.4, -0.2) is 35.2 Å². The molecular formula is C13H20N4O2. The first-order valence-electron chi connectivity index (χ1n) is 6.56. The topological polar surface area (TPSA) is 105 Å². The van der Waals surface area contributed by atoms with Crippen molar-refractivity contribution < 1.29 is 9.90 Å². The van der Waals surface area contributed by atoms with Crippen molar-refractivity contribution in [2.45, 2.75) is 31.7 Å². The Morgan fingerprint density at radius 1 is 1.47 bits per heavy atom. The van der Waals surface area contributed by atoms with Crippen LogP contribution in [0.2, 0.25) is 0 Å². The van der Waals surface area contributed by atoms with Gasteiger partial charge in [0.05, 0.1) is 24.1 Å². The number of carbonyl (C=O) groups is 1. The van der Waals surface area contributed by atoms with Crippen molar-refractivity contribution in [3.63, 3.8) is 0 Å². The molecule has 6 heteroatoms. The number of aliphatic hydroxyl groups excluding tert-OH is 1. The molecule has 19 heavy (non-hydrogen) atoms. The summed E-state index contributed by atoms with van der Waals surface area (Å²) in [5.41, 5.74) is 11.8. The van der Waals surface area contributed by atoms with Gasteiger partial charge in [0.15, 0.2) is 0 Å². The lowest BCUT2D eigenvalue weighted by atomic mass is 10.1. The molecule has 1 fully saturated rings. The van der Waals surface area contributed by atoms with Crippen LogP contribution < -0.4 is 16.4 Å². The number of pyridine rings is 1. The fraction of sp³-hybridized carbons (Fsp3) is 0.538. The molecule has 104 valence electrons. The van der Waals surface area contributed by atoms with Gasteiger partial charge < -0.3 is 21.5 Å². The zero-order chi connectivity index (χ0) is 13.8. The van der Waals surface area contributed by atoms with E-state index in [1.165, 1.54) is 6.20 Å². The largest absolute Gasteiger partial charge is 0.397 e. The first-order valence-corrected chi connectivity index (χ1v) is 6.56. The molecule has 1 saturated carbocycles. The Balaban J connectivity index is 2.37. The van der Waals surface area contributed by atoms with Crippen LogP contribution in [0.25, 0.3) is 0 Å². The Morgan fingerprint density at radius 3 is 2.74 bits per heavy atom. The first kappa shape index (κ1) is 13.6. The molecule has 0 saturated heterocycles. The zero-order valence-corrected chi connectivity index (χ0v) is 10.9. The van der Waals surface area contributed by atoms with Gasteiger partial charge in [0.1, 0.15) is 5.82 Å². The van der Waals surface area contributed by atoms with Crippen molar-refractivity contribution >= 4 is 17.4 Å². The normalized spacial score (nSPS) is 15.6. The lowest BCUT2D eigenvalue weighted by Gasteiger charge is -2.30. The van der Waals surface area contributed by atoms with E-state index in [9.17, 15) is 9.90 Å². The van der Waals surface area contributed by atoms with Crippen LogP contribution in [-0.2, 0) is 0 Å². The Morgan fingerprint density at radius 2 is 2.16 bits per heavy atom. The number of hydrogen-bond donors (Lipinski definition) is 3. The van der Waals surface area contributed by atoms with Crippen LogP contribution in [0.5, 0.6) is 0 Å². The smallest absolute Gasteiger partial charge is 0.252 e. The lowest BCUT2D eigenvalue weighted by Crippen LogP contribution is -2.38. The standard InChI is InChI=1S/C13H20N4O2/c14-9-7-11(12(15)19)13(16-8-9)17(5-6-18)10-3-1-2-4-10/h7-8,10,18H,1-6,14H2,(H2,15,19). The number of aliphatic hydroxyl groups is 1. The molecule has 5 N–H and O–H groups in total. The summed E-state index contributed by atoms with van der Waals surface area (Å²) < 4.78 is 0. The van der Waals surface area contributed by atoms with Gasteiger partial charge in [0, 0.05) is 12.6 Å². The van der Waals surface area contributed by atoms with Crippen LogP contribution in [0.1, 0.15) is 36.0 Å². The number of nitrogens with zero attached hydrogens (tertiary/aromatic N) is 2. The van der Waals surface area contributed by atoms with E-state index in [2.05, 4.69) is 4.98 Å². The zero-order valence-electron chi connectivity index (χ0n) is 10.9. The minimum absolute atomic E-state index is 0.0146. The summed E-state index contributed by atoms with van der Waals surface area (Å²) in [6.45, 7) is 0.461. The number of amides is 1. The summed E-state index contributed by atoms with van der Waals surface area (Å²) in [5, 5.41) is 9.23. The van der Waals surface area contributed by atoms with Crippen molar-refractivity contribution in [3.8, 4) is 0 Å². The fourth-order valence-corrected chi connectivity index (χ4v) is 2.67. The summed E-state index contributed by atoms with van der Waals surface area (Å²) >= 11 is 0. The highest BCUT2D eigenvalue weighted by Crippen LogP contribution is 2.29. The molecular weight excluding hydrogens is 244 g/mol. The number of carbonyl (C=O) groups excluding carboxylic acids is 1. The van der Waals surface area contributed by atoms with Gasteiger partial charge in [0.25, 0.3) is 5.91 Å². The molecule has 0 atom stereocenters. The lowest BCUT2D eigenvalue weighted by molar-refractivity contribution is 0.1000. The van der Waals surface area contributed by atoms with E-state index in [1.54, 1.807) is 6.07 Å². The average Bonchev–Trinajstić information content (AvgIpc) is 2.90. The summed E-state index contributed by atoms with van der Waals surface area (Å²) in [6.07, 6.45) is 5.93. The summed E-state index contributed by atoms with van der Waals surface area (Å²) in [4.78, 5) is 17.8. The third-order valence-corrected chi connectivity index (χ3v) is 3.53. The van der Waals surface area contributed by atoms with Crippen LogP contribution in [0.15, 0.2) is 12.3 Å². The molecule has 0 unspecified atom stereocenters. The second kappa shape index (κ2) is 5.88.